The van der Waals surface area contributed by atoms with E-state index in [2.05, 4.69) is 46.5 Å². The van der Waals surface area contributed by atoms with E-state index in [-0.39, 0.29) is 0 Å². The fourth-order valence-electron chi connectivity index (χ4n) is 2.89. The highest BCUT2D eigenvalue weighted by Crippen LogP contribution is 2.21. The van der Waals surface area contributed by atoms with Gasteiger partial charge >= 0.3 is 0 Å². The first kappa shape index (κ1) is 14.1. The Hall–Kier alpha value is -1.81. The van der Waals surface area contributed by atoms with Crippen molar-refractivity contribution in [1.29, 1.82) is 0 Å². The average molecular weight is 285 g/mol. The van der Waals surface area contributed by atoms with E-state index >= 15 is 0 Å². The second kappa shape index (κ2) is 6.31. The normalized spacial score (nSPS) is 19.6. The molecule has 0 radical (unpaired) electrons. The van der Waals surface area contributed by atoms with E-state index in [1.54, 1.807) is 6.26 Å². The minimum atomic E-state index is 0.650. The van der Waals surface area contributed by atoms with Crippen LogP contribution in [0.1, 0.15) is 25.2 Å². The lowest BCUT2D eigenvalue weighted by Crippen LogP contribution is -2.40. The topological polar surface area (TPSA) is 41.3 Å². The van der Waals surface area contributed by atoms with Crippen LogP contribution in [0, 0.1) is 6.92 Å². The zero-order chi connectivity index (χ0) is 14.7. The zero-order valence-electron chi connectivity index (χ0n) is 12.8. The smallest absolute Gasteiger partial charge is 0.191 e. The molecule has 1 aromatic heterocycles. The van der Waals surface area contributed by atoms with Gasteiger partial charge in [0.2, 0.25) is 0 Å². The van der Waals surface area contributed by atoms with Crippen LogP contribution < -0.4 is 5.32 Å². The fraction of sp³-hybridized carbons (Fsp3) is 0.471. The van der Waals surface area contributed by atoms with Crippen LogP contribution in [0.4, 0.5) is 5.69 Å². The van der Waals surface area contributed by atoms with Crippen LogP contribution in [-0.2, 0) is 0 Å². The molecule has 1 saturated heterocycles. The summed E-state index contributed by atoms with van der Waals surface area (Å²) in [6.45, 7) is 4.09. The first-order chi connectivity index (χ1) is 10.2. The number of aryl methyl sites for hydroxylation is 1. The Kier molecular flexibility index (Phi) is 4.25. The van der Waals surface area contributed by atoms with Crippen LogP contribution in [0.3, 0.4) is 0 Å². The quantitative estimate of drug-likeness (QED) is 0.933. The molecular formula is C17H23N3O. The van der Waals surface area contributed by atoms with Crippen molar-refractivity contribution in [3.8, 4) is 11.3 Å². The van der Waals surface area contributed by atoms with Gasteiger partial charge in [0.05, 0.1) is 0 Å². The molecule has 1 atom stereocenters. The number of rotatable bonds is 4. The number of oxazole rings is 1. The summed E-state index contributed by atoms with van der Waals surface area (Å²) in [5.41, 5.74) is 3.15. The minimum absolute atomic E-state index is 0.650. The van der Waals surface area contributed by atoms with Crippen LogP contribution >= 0.6 is 0 Å². The lowest BCUT2D eigenvalue weighted by Gasteiger charge is -2.32. The first-order valence-electron chi connectivity index (χ1n) is 7.69. The van der Waals surface area contributed by atoms with Gasteiger partial charge in [-0.25, -0.2) is 4.98 Å². The molecule has 1 aliphatic rings. The van der Waals surface area contributed by atoms with Crippen LogP contribution in [-0.4, -0.2) is 36.1 Å². The molecule has 1 N–H and O–H groups in total. The third kappa shape index (κ3) is 3.45. The Labute approximate surface area is 126 Å². The largest absolute Gasteiger partial charge is 0.449 e. The van der Waals surface area contributed by atoms with Gasteiger partial charge in [0.25, 0.3) is 0 Å². The SMILES string of the molecule is Cc1nc(-c2ccc(NCC3CCCCN3C)cc2)co1. The van der Waals surface area contributed by atoms with E-state index in [0.717, 1.165) is 23.5 Å². The van der Waals surface area contributed by atoms with Gasteiger partial charge in [0.1, 0.15) is 12.0 Å². The molecule has 2 aromatic rings. The number of likely N-dealkylation sites (tertiary alicyclic amines) is 1. The maximum atomic E-state index is 5.26. The Morgan fingerprint density at radius 3 is 2.76 bits per heavy atom. The first-order valence-corrected chi connectivity index (χ1v) is 7.69. The zero-order valence-corrected chi connectivity index (χ0v) is 12.8. The Bertz CT molecular complexity index is 576. The van der Waals surface area contributed by atoms with Crippen LogP contribution in [0.5, 0.6) is 0 Å². The molecule has 0 bridgehead atoms. The number of nitrogens with zero attached hydrogens (tertiary/aromatic N) is 2. The number of nitrogens with one attached hydrogen (secondary N) is 1. The van der Waals surface area contributed by atoms with E-state index in [4.69, 9.17) is 4.42 Å². The molecule has 0 aliphatic carbocycles. The molecule has 0 amide bonds. The summed E-state index contributed by atoms with van der Waals surface area (Å²) >= 11 is 0. The van der Waals surface area contributed by atoms with E-state index in [1.807, 2.05) is 6.92 Å². The van der Waals surface area contributed by atoms with Gasteiger partial charge in [0, 0.05) is 30.8 Å². The number of piperidine rings is 1. The number of likely N-dealkylation sites (N-methyl/N-ethyl adjacent to an activating group) is 1. The molecule has 1 aliphatic heterocycles. The summed E-state index contributed by atoms with van der Waals surface area (Å²) in [4.78, 5) is 6.81. The summed E-state index contributed by atoms with van der Waals surface area (Å²) in [5.74, 6) is 0.701. The average Bonchev–Trinajstić information content (AvgIpc) is 2.94. The predicted molar refractivity (Wildman–Crippen MR) is 85.4 cm³/mol. The van der Waals surface area contributed by atoms with Crippen LogP contribution in [0.15, 0.2) is 34.9 Å². The van der Waals surface area contributed by atoms with Gasteiger partial charge in [-0.1, -0.05) is 18.6 Å². The lowest BCUT2D eigenvalue weighted by atomic mass is 10.0. The molecule has 21 heavy (non-hydrogen) atoms. The molecule has 0 spiro atoms. The van der Waals surface area contributed by atoms with Crippen LogP contribution in [0.2, 0.25) is 0 Å². The van der Waals surface area contributed by atoms with Gasteiger partial charge in [-0.3, -0.25) is 0 Å². The van der Waals surface area contributed by atoms with Gasteiger partial charge in [-0.2, -0.15) is 0 Å². The van der Waals surface area contributed by atoms with Crippen molar-refractivity contribution >= 4 is 5.69 Å². The van der Waals surface area contributed by atoms with Crippen molar-refractivity contribution in [2.24, 2.45) is 0 Å². The van der Waals surface area contributed by atoms with E-state index in [9.17, 15) is 0 Å². The standard InChI is InChI=1S/C17H23N3O/c1-13-19-17(12-21-13)14-6-8-15(9-7-14)18-11-16-5-3-4-10-20(16)2/h6-9,12,16,18H,3-5,10-11H2,1-2H3. The third-order valence-electron chi connectivity index (χ3n) is 4.26. The fourth-order valence-corrected chi connectivity index (χ4v) is 2.89. The molecule has 0 saturated carbocycles. The maximum absolute atomic E-state index is 5.26. The summed E-state index contributed by atoms with van der Waals surface area (Å²) < 4.78 is 5.26. The van der Waals surface area contributed by atoms with E-state index in [1.165, 1.54) is 25.8 Å². The summed E-state index contributed by atoms with van der Waals surface area (Å²) in [5, 5.41) is 3.54. The third-order valence-corrected chi connectivity index (χ3v) is 4.26. The second-order valence-corrected chi connectivity index (χ2v) is 5.84. The molecule has 1 fully saturated rings. The monoisotopic (exact) mass is 285 g/mol. The molecule has 4 nitrogen and oxygen atoms in total. The summed E-state index contributed by atoms with van der Waals surface area (Å²) in [7, 11) is 2.22. The highest BCUT2D eigenvalue weighted by molar-refractivity contribution is 5.61. The van der Waals surface area contributed by atoms with Gasteiger partial charge in [-0.15, -0.1) is 0 Å². The number of anilines is 1. The minimum Gasteiger partial charge on any atom is -0.449 e. The van der Waals surface area contributed by atoms with Crippen LogP contribution in [0.25, 0.3) is 11.3 Å². The van der Waals surface area contributed by atoms with Gasteiger partial charge < -0.3 is 14.6 Å². The summed E-state index contributed by atoms with van der Waals surface area (Å²) in [6.07, 6.45) is 5.68. The molecule has 3 rings (SSSR count). The molecule has 2 heterocycles. The lowest BCUT2D eigenvalue weighted by molar-refractivity contribution is 0.194. The molecular weight excluding hydrogens is 262 g/mol. The Morgan fingerprint density at radius 1 is 1.29 bits per heavy atom. The predicted octanol–water partition coefficient (Wildman–Crippen LogP) is 3.55. The van der Waals surface area contributed by atoms with Crippen molar-refractivity contribution < 1.29 is 4.42 Å². The maximum Gasteiger partial charge on any atom is 0.191 e. The van der Waals surface area contributed by atoms with Crippen molar-refractivity contribution in [3.63, 3.8) is 0 Å². The van der Waals surface area contributed by atoms with Gasteiger partial charge in [-0.05, 0) is 38.6 Å². The number of benzene rings is 1. The van der Waals surface area contributed by atoms with Crippen molar-refractivity contribution in [2.75, 3.05) is 25.5 Å². The van der Waals surface area contributed by atoms with Crippen molar-refractivity contribution in [3.05, 3.63) is 36.4 Å². The molecule has 1 aromatic carbocycles. The van der Waals surface area contributed by atoms with Gasteiger partial charge in [0.15, 0.2) is 5.89 Å². The number of aromatic nitrogens is 1. The molecule has 4 heteroatoms. The Morgan fingerprint density at radius 2 is 2.10 bits per heavy atom. The molecule has 112 valence electrons. The Balaban J connectivity index is 1.59. The summed E-state index contributed by atoms with van der Waals surface area (Å²) in [6, 6.07) is 9.05. The highest BCUT2D eigenvalue weighted by atomic mass is 16.3. The van der Waals surface area contributed by atoms with Crippen molar-refractivity contribution in [2.45, 2.75) is 32.2 Å². The highest BCUT2D eigenvalue weighted by Gasteiger charge is 2.18. The van der Waals surface area contributed by atoms with E-state index in [0.29, 0.717) is 11.9 Å². The molecule has 1 unspecified atom stereocenters. The number of hydrogen-bond acceptors (Lipinski definition) is 4. The second-order valence-electron chi connectivity index (χ2n) is 5.84. The van der Waals surface area contributed by atoms with E-state index < -0.39 is 0 Å². The van der Waals surface area contributed by atoms with Crippen molar-refractivity contribution in [1.82, 2.24) is 9.88 Å². The number of hydrogen-bond donors (Lipinski definition) is 1.